The Kier molecular flexibility index (Phi) is 3.39. The number of rotatable bonds is 1. The number of aromatic amines is 2. The predicted molar refractivity (Wildman–Crippen MR) is 109 cm³/mol. The molecule has 5 rings (SSSR count). The standard InChI is InChI=1S/C21H17N5O2/c1-10-6-8-11(9-7-10)14-15-17(12-4-2-3-5-13(12)23-19(15)27)24-18-16(14)20(28)26-21(22)25-18/h2-9,14H,1H3,(H,23,27)(H4,22,24,25,26,28). The normalized spacial score (nSPS) is 15.0. The van der Waals surface area contributed by atoms with Crippen LogP contribution in [0.2, 0.25) is 0 Å². The van der Waals surface area contributed by atoms with Crippen LogP contribution in [0.15, 0.2) is 58.1 Å². The highest BCUT2D eigenvalue weighted by Gasteiger charge is 2.34. The SMILES string of the molecule is Cc1ccc(C2c3c(nc(N)[nH]c3=O)Nc3c2c(=O)[nH]c2ccccc32)cc1. The molecule has 0 bridgehead atoms. The number of benzene rings is 2. The van der Waals surface area contributed by atoms with Crippen LogP contribution in [0.5, 0.6) is 0 Å². The van der Waals surface area contributed by atoms with Crippen LogP contribution in [0.25, 0.3) is 10.9 Å². The molecular weight excluding hydrogens is 354 g/mol. The van der Waals surface area contributed by atoms with Crippen LogP contribution in [-0.4, -0.2) is 15.0 Å². The molecule has 7 heteroatoms. The molecule has 7 nitrogen and oxygen atoms in total. The van der Waals surface area contributed by atoms with Crippen molar-refractivity contribution in [2.75, 3.05) is 11.1 Å². The quantitative estimate of drug-likeness (QED) is 0.361. The van der Waals surface area contributed by atoms with Crippen LogP contribution in [-0.2, 0) is 0 Å². The van der Waals surface area contributed by atoms with E-state index in [1.54, 1.807) is 0 Å². The Hall–Kier alpha value is -3.87. The molecule has 1 atom stereocenters. The number of nitrogens with two attached hydrogens (primary N) is 1. The number of aryl methyl sites for hydroxylation is 1. The highest BCUT2D eigenvalue weighted by Crippen LogP contribution is 2.43. The molecule has 0 amide bonds. The predicted octanol–water partition coefficient (Wildman–Crippen LogP) is 2.74. The lowest BCUT2D eigenvalue weighted by Crippen LogP contribution is -2.31. The number of H-pyrrole nitrogens is 2. The van der Waals surface area contributed by atoms with Crippen molar-refractivity contribution in [1.29, 1.82) is 0 Å². The van der Waals surface area contributed by atoms with Gasteiger partial charge in [-0.1, -0.05) is 48.0 Å². The number of nitrogen functional groups attached to an aromatic ring is 1. The summed E-state index contributed by atoms with van der Waals surface area (Å²) in [6.07, 6.45) is 0. The number of pyridine rings is 1. The van der Waals surface area contributed by atoms with Crippen molar-refractivity contribution in [3.63, 3.8) is 0 Å². The minimum absolute atomic E-state index is 0.0245. The minimum atomic E-state index is -0.558. The van der Waals surface area contributed by atoms with Crippen molar-refractivity contribution in [3.8, 4) is 0 Å². The van der Waals surface area contributed by atoms with Gasteiger partial charge < -0.3 is 16.0 Å². The second-order valence-corrected chi connectivity index (χ2v) is 6.97. The smallest absolute Gasteiger partial charge is 0.258 e. The number of para-hydroxylation sites is 1. The zero-order valence-electron chi connectivity index (χ0n) is 15.0. The van der Waals surface area contributed by atoms with Gasteiger partial charge in [-0.05, 0) is 18.6 Å². The van der Waals surface area contributed by atoms with Gasteiger partial charge in [0, 0.05) is 5.39 Å². The minimum Gasteiger partial charge on any atom is -0.369 e. The van der Waals surface area contributed by atoms with Crippen LogP contribution in [0.1, 0.15) is 28.2 Å². The molecule has 0 fully saturated rings. The van der Waals surface area contributed by atoms with E-state index in [4.69, 9.17) is 5.73 Å². The number of aromatic nitrogens is 3. The summed E-state index contributed by atoms with van der Waals surface area (Å²) in [6, 6.07) is 15.3. The molecule has 138 valence electrons. The van der Waals surface area contributed by atoms with E-state index in [0.29, 0.717) is 28.1 Å². The summed E-state index contributed by atoms with van der Waals surface area (Å²) in [5.41, 5.74) is 9.34. The van der Waals surface area contributed by atoms with Gasteiger partial charge in [-0.15, -0.1) is 0 Å². The molecule has 1 aliphatic rings. The molecule has 3 heterocycles. The first-order valence-electron chi connectivity index (χ1n) is 8.91. The van der Waals surface area contributed by atoms with Gasteiger partial charge in [-0.25, -0.2) is 0 Å². The fourth-order valence-electron chi connectivity index (χ4n) is 3.89. The van der Waals surface area contributed by atoms with Crippen molar-refractivity contribution in [1.82, 2.24) is 15.0 Å². The van der Waals surface area contributed by atoms with Crippen LogP contribution < -0.4 is 22.2 Å². The fourth-order valence-corrected chi connectivity index (χ4v) is 3.89. The highest BCUT2D eigenvalue weighted by atomic mass is 16.1. The molecular formula is C21H17N5O2. The third-order valence-electron chi connectivity index (χ3n) is 5.16. The van der Waals surface area contributed by atoms with E-state index in [0.717, 1.165) is 16.5 Å². The molecule has 0 radical (unpaired) electrons. The summed E-state index contributed by atoms with van der Waals surface area (Å²) in [5.74, 6) is -0.163. The first-order chi connectivity index (χ1) is 13.5. The van der Waals surface area contributed by atoms with Crippen LogP contribution >= 0.6 is 0 Å². The lowest BCUT2D eigenvalue weighted by molar-refractivity contribution is 0.893. The number of hydrogen-bond donors (Lipinski definition) is 4. The second kappa shape index (κ2) is 5.82. The van der Waals surface area contributed by atoms with E-state index < -0.39 is 5.92 Å². The Morgan fingerprint density at radius 1 is 0.929 bits per heavy atom. The van der Waals surface area contributed by atoms with E-state index in [9.17, 15) is 9.59 Å². The van der Waals surface area contributed by atoms with E-state index >= 15 is 0 Å². The van der Waals surface area contributed by atoms with Crippen molar-refractivity contribution >= 4 is 28.4 Å². The highest BCUT2D eigenvalue weighted by molar-refractivity contribution is 5.96. The van der Waals surface area contributed by atoms with Gasteiger partial charge in [-0.3, -0.25) is 14.6 Å². The average Bonchev–Trinajstić information content (AvgIpc) is 2.67. The summed E-state index contributed by atoms with van der Waals surface area (Å²) in [5, 5.41) is 4.03. The van der Waals surface area contributed by atoms with E-state index in [1.807, 2.05) is 55.5 Å². The number of hydrogen-bond acceptors (Lipinski definition) is 5. The largest absolute Gasteiger partial charge is 0.369 e. The number of nitrogens with one attached hydrogen (secondary N) is 3. The van der Waals surface area contributed by atoms with E-state index in [1.165, 1.54) is 0 Å². The fraction of sp³-hybridized carbons (Fsp3) is 0.0952. The van der Waals surface area contributed by atoms with Gasteiger partial charge in [0.05, 0.1) is 28.2 Å². The Bertz CT molecular complexity index is 1350. The molecule has 5 N–H and O–H groups in total. The summed E-state index contributed by atoms with van der Waals surface area (Å²) in [6.45, 7) is 1.99. The van der Waals surface area contributed by atoms with Crippen LogP contribution in [0.4, 0.5) is 17.5 Å². The van der Waals surface area contributed by atoms with Crippen LogP contribution in [0.3, 0.4) is 0 Å². The molecule has 2 aromatic carbocycles. The van der Waals surface area contributed by atoms with Gasteiger partial charge >= 0.3 is 0 Å². The van der Waals surface area contributed by atoms with Gasteiger partial charge in [0.25, 0.3) is 11.1 Å². The molecule has 4 aromatic rings. The number of nitrogens with zero attached hydrogens (tertiary/aromatic N) is 1. The second-order valence-electron chi connectivity index (χ2n) is 6.97. The van der Waals surface area contributed by atoms with Gasteiger partial charge in [0.2, 0.25) is 5.95 Å². The first-order valence-corrected chi connectivity index (χ1v) is 8.91. The Balaban J connectivity index is 1.91. The van der Waals surface area contributed by atoms with Gasteiger partial charge in [-0.2, -0.15) is 4.98 Å². The Morgan fingerprint density at radius 3 is 2.43 bits per heavy atom. The number of anilines is 3. The molecule has 28 heavy (non-hydrogen) atoms. The molecule has 0 saturated carbocycles. The van der Waals surface area contributed by atoms with Crippen molar-refractivity contribution in [2.24, 2.45) is 0 Å². The molecule has 1 unspecified atom stereocenters. The maximum absolute atomic E-state index is 13.1. The zero-order chi connectivity index (χ0) is 19.4. The molecule has 2 aromatic heterocycles. The monoisotopic (exact) mass is 371 g/mol. The van der Waals surface area contributed by atoms with E-state index in [2.05, 4.69) is 20.3 Å². The summed E-state index contributed by atoms with van der Waals surface area (Å²) < 4.78 is 0. The summed E-state index contributed by atoms with van der Waals surface area (Å²) in [4.78, 5) is 35.7. The summed E-state index contributed by atoms with van der Waals surface area (Å²) in [7, 11) is 0. The Labute approximate surface area is 159 Å². The average molecular weight is 371 g/mol. The van der Waals surface area contributed by atoms with Gasteiger partial charge in [0.1, 0.15) is 5.82 Å². The third-order valence-corrected chi connectivity index (χ3v) is 5.16. The lowest BCUT2D eigenvalue weighted by atomic mass is 9.82. The third kappa shape index (κ3) is 2.33. The van der Waals surface area contributed by atoms with E-state index in [-0.39, 0.29) is 17.1 Å². The van der Waals surface area contributed by atoms with Gasteiger partial charge in [0.15, 0.2) is 0 Å². The summed E-state index contributed by atoms with van der Waals surface area (Å²) >= 11 is 0. The maximum atomic E-state index is 13.1. The Morgan fingerprint density at radius 2 is 1.64 bits per heavy atom. The van der Waals surface area contributed by atoms with Crippen LogP contribution in [0, 0.1) is 6.92 Å². The molecule has 0 aliphatic carbocycles. The van der Waals surface area contributed by atoms with Crippen molar-refractivity contribution in [3.05, 3.63) is 91.5 Å². The number of fused-ring (bicyclic) bond motifs is 4. The molecule has 0 spiro atoms. The lowest BCUT2D eigenvalue weighted by Gasteiger charge is -2.28. The topological polar surface area (TPSA) is 117 Å². The maximum Gasteiger partial charge on any atom is 0.258 e. The molecule has 1 aliphatic heterocycles. The molecule has 0 saturated heterocycles. The van der Waals surface area contributed by atoms with Crippen molar-refractivity contribution < 1.29 is 0 Å². The zero-order valence-corrected chi connectivity index (χ0v) is 15.0. The van der Waals surface area contributed by atoms with Crippen molar-refractivity contribution in [2.45, 2.75) is 12.8 Å². The first kappa shape index (κ1) is 16.3.